The summed E-state index contributed by atoms with van der Waals surface area (Å²) in [6.45, 7) is 2.53. The highest BCUT2D eigenvalue weighted by Crippen LogP contribution is 1.75. The monoisotopic (exact) mass is 184 g/mol. The van der Waals surface area contributed by atoms with Gasteiger partial charge in [-0.1, -0.05) is 0 Å². The molecule has 0 aromatic carbocycles. The zero-order chi connectivity index (χ0) is 9.49. The molecule has 0 rings (SSSR count). The third-order valence-corrected chi connectivity index (χ3v) is 1.05. The lowest BCUT2D eigenvalue weighted by Gasteiger charge is -1.85. The largest absolute Gasteiger partial charge is 0.395 e. The molecule has 0 aliphatic heterocycles. The summed E-state index contributed by atoms with van der Waals surface area (Å²) in [7, 11) is -3.92. The molecule has 0 unspecified atom stereocenters. The van der Waals surface area contributed by atoms with Crippen LogP contribution in [-0.4, -0.2) is 36.2 Å². The maximum Gasteiger partial charge on any atom is 0.267 e. The van der Waals surface area contributed by atoms with Crippen LogP contribution in [0.3, 0.4) is 0 Å². The summed E-state index contributed by atoms with van der Waals surface area (Å²) in [5.41, 5.74) is 0. The number of ketones is 1. The van der Waals surface area contributed by atoms with E-state index in [0.717, 1.165) is 0 Å². The van der Waals surface area contributed by atoms with Crippen LogP contribution in [0.1, 0.15) is 13.8 Å². The quantitative estimate of drug-likeness (QED) is 0.562. The zero-order valence-corrected chi connectivity index (χ0v) is 7.26. The Morgan fingerprint density at radius 3 is 1.64 bits per heavy atom. The van der Waals surface area contributed by atoms with Crippen molar-refractivity contribution in [2.24, 2.45) is 0 Å². The minimum absolute atomic E-state index is 0.167. The van der Waals surface area contributed by atoms with Crippen molar-refractivity contribution in [1.29, 1.82) is 0 Å². The molecule has 11 heavy (non-hydrogen) atoms. The Morgan fingerprint density at radius 2 is 1.64 bits per heavy atom. The molecular weight excluding hydrogens is 172 g/mol. The second-order valence-electron chi connectivity index (χ2n) is 1.92. The lowest BCUT2D eigenvalue weighted by atomic mass is 10.6. The van der Waals surface area contributed by atoms with Crippen LogP contribution >= 0.6 is 0 Å². The first kappa shape index (κ1) is 13.2. The molecule has 0 amide bonds. The summed E-state index contributed by atoms with van der Waals surface area (Å²) in [5, 5.41) is 7.86. The van der Waals surface area contributed by atoms with Gasteiger partial charge in [-0.2, -0.15) is 8.42 Å². The van der Waals surface area contributed by atoms with Crippen molar-refractivity contribution in [3.05, 3.63) is 0 Å². The minimum atomic E-state index is -3.92. The van der Waals surface area contributed by atoms with Crippen LogP contribution in [0.25, 0.3) is 0 Å². The van der Waals surface area contributed by atoms with E-state index in [1.807, 2.05) is 0 Å². The molecule has 0 bridgehead atoms. The van der Waals surface area contributed by atoms with Crippen LogP contribution in [0.4, 0.5) is 0 Å². The Hall–Kier alpha value is -0.460. The zero-order valence-electron chi connectivity index (χ0n) is 6.44. The Labute approximate surface area is 65.8 Å². The van der Waals surface area contributed by atoms with E-state index >= 15 is 0 Å². The van der Waals surface area contributed by atoms with Crippen molar-refractivity contribution in [1.82, 2.24) is 0 Å². The fourth-order valence-corrected chi connectivity index (χ4v) is 0.346. The first-order chi connectivity index (χ1) is 4.79. The summed E-state index contributed by atoms with van der Waals surface area (Å²) in [6, 6.07) is 0. The van der Waals surface area contributed by atoms with Crippen molar-refractivity contribution >= 4 is 15.9 Å². The van der Waals surface area contributed by atoms with Gasteiger partial charge in [0.15, 0.2) is 0 Å². The molecule has 0 aliphatic rings. The molecule has 0 heterocycles. The van der Waals surface area contributed by atoms with Gasteiger partial charge in [0.2, 0.25) is 0 Å². The van der Waals surface area contributed by atoms with E-state index < -0.39 is 22.5 Å². The molecule has 68 valence electrons. The van der Waals surface area contributed by atoms with Crippen molar-refractivity contribution in [2.45, 2.75) is 13.8 Å². The number of carbonyl (C=O) groups excluding carboxylic acids is 1. The topological polar surface area (TPSA) is 91.7 Å². The number of hydrogen-bond acceptors (Lipinski definition) is 4. The lowest BCUT2D eigenvalue weighted by Crippen LogP contribution is -2.06. The Kier molecular flexibility index (Phi) is 7.49. The maximum atomic E-state index is 9.63. The summed E-state index contributed by atoms with van der Waals surface area (Å²) in [5.74, 6) is -0.410. The van der Waals surface area contributed by atoms with E-state index in [-0.39, 0.29) is 5.78 Å². The number of carbonyl (C=O) groups is 1. The number of Topliss-reactive ketones (excluding diaryl/α,β-unsaturated/α-hetero) is 1. The minimum Gasteiger partial charge on any atom is -0.395 e. The standard InChI is InChI=1S/C3H6O.C2H6O4S/c1-3(2)4;3-1-2-7(4,5)6/h1-2H3;3H,1-2H2,(H,4,5,6). The molecule has 0 radical (unpaired) electrons. The van der Waals surface area contributed by atoms with Crippen LogP contribution in [0, 0.1) is 0 Å². The number of aliphatic hydroxyl groups excluding tert-OH is 1. The van der Waals surface area contributed by atoms with Crippen molar-refractivity contribution in [3.8, 4) is 0 Å². The average molecular weight is 184 g/mol. The summed E-state index contributed by atoms with van der Waals surface area (Å²) in [4.78, 5) is 9.44. The normalized spacial score (nSPS) is 9.82. The number of rotatable bonds is 2. The smallest absolute Gasteiger partial charge is 0.267 e. The van der Waals surface area contributed by atoms with E-state index in [0.29, 0.717) is 0 Å². The molecule has 0 fully saturated rings. The molecule has 2 N–H and O–H groups in total. The van der Waals surface area contributed by atoms with Gasteiger partial charge in [0.1, 0.15) is 5.78 Å². The van der Waals surface area contributed by atoms with Gasteiger partial charge in [0.05, 0.1) is 12.4 Å². The highest BCUT2D eigenvalue weighted by molar-refractivity contribution is 7.85. The summed E-state index contributed by atoms with van der Waals surface area (Å²) in [6.07, 6.45) is 0. The summed E-state index contributed by atoms with van der Waals surface area (Å²) < 4.78 is 27.1. The molecule has 0 aromatic rings. The predicted molar refractivity (Wildman–Crippen MR) is 39.9 cm³/mol. The van der Waals surface area contributed by atoms with Crippen molar-refractivity contribution in [2.75, 3.05) is 12.4 Å². The Bertz CT molecular complexity index is 189. The second-order valence-corrected chi connectivity index (χ2v) is 3.49. The van der Waals surface area contributed by atoms with Crippen LogP contribution < -0.4 is 0 Å². The molecule has 0 atom stereocenters. The fourth-order valence-electron chi connectivity index (χ4n) is 0.115. The van der Waals surface area contributed by atoms with Gasteiger partial charge in [-0.05, 0) is 13.8 Å². The van der Waals surface area contributed by atoms with Gasteiger partial charge in [0.25, 0.3) is 10.1 Å². The molecule has 0 spiro atoms. The van der Waals surface area contributed by atoms with Gasteiger partial charge in [-0.25, -0.2) is 0 Å². The molecule has 6 heteroatoms. The average Bonchev–Trinajstić information content (AvgIpc) is 1.58. The second kappa shape index (κ2) is 6.26. The number of aliphatic hydroxyl groups is 1. The maximum absolute atomic E-state index is 9.63. The molecule has 5 nitrogen and oxygen atoms in total. The summed E-state index contributed by atoms with van der Waals surface area (Å²) >= 11 is 0. The van der Waals surface area contributed by atoms with E-state index in [1.165, 1.54) is 13.8 Å². The Morgan fingerprint density at radius 1 is 1.36 bits per heavy atom. The lowest BCUT2D eigenvalue weighted by molar-refractivity contribution is -0.114. The van der Waals surface area contributed by atoms with E-state index in [9.17, 15) is 13.2 Å². The molecule has 0 aromatic heterocycles. The predicted octanol–water partition coefficient (Wildman–Crippen LogP) is -0.538. The molecule has 0 aliphatic carbocycles. The van der Waals surface area contributed by atoms with Gasteiger partial charge in [0, 0.05) is 0 Å². The highest BCUT2D eigenvalue weighted by Gasteiger charge is 1.99. The number of hydrogen-bond donors (Lipinski definition) is 2. The SMILES string of the molecule is CC(C)=O.O=S(=O)(O)CCO. The third-order valence-electron chi connectivity index (χ3n) is 0.349. The van der Waals surface area contributed by atoms with Gasteiger partial charge >= 0.3 is 0 Å². The van der Waals surface area contributed by atoms with Gasteiger partial charge in [-0.3, -0.25) is 4.55 Å². The first-order valence-electron chi connectivity index (χ1n) is 2.82. The first-order valence-corrected chi connectivity index (χ1v) is 4.43. The van der Waals surface area contributed by atoms with Crippen LogP contribution in [0.2, 0.25) is 0 Å². The Balaban J connectivity index is 0. The fraction of sp³-hybridized carbons (Fsp3) is 0.800. The molecule has 0 saturated carbocycles. The van der Waals surface area contributed by atoms with E-state index in [4.69, 9.17) is 9.66 Å². The molecule has 0 saturated heterocycles. The van der Waals surface area contributed by atoms with Crippen LogP contribution in [0.5, 0.6) is 0 Å². The van der Waals surface area contributed by atoms with Crippen LogP contribution in [-0.2, 0) is 14.9 Å². The van der Waals surface area contributed by atoms with Gasteiger partial charge < -0.3 is 9.90 Å². The molecular formula is C5H12O5S. The third kappa shape index (κ3) is 43.3. The van der Waals surface area contributed by atoms with E-state index in [1.54, 1.807) is 0 Å². The van der Waals surface area contributed by atoms with Crippen molar-refractivity contribution in [3.63, 3.8) is 0 Å². The van der Waals surface area contributed by atoms with Gasteiger partial charge in [-0.15, -0.1) is 0 Å². The van der Waals surface area contributed by atoms with Crippen LogP contribution in [0.15, 0.2) is 0 Å². The van der Waals surface area contributed by atoms with E-state index in [2.05, 4.69) is 0 Å². The van der Waals surface area contributed by atoms with Crippen molar-refractivity contribution < 1.29 is 22.9 Å². The highest BCUT2D eigenvalue weighted by atomic mass is 32.2.